The van der Waals surface area contributed by atoms with E-state index in [1.54, 1.807) is 0 Å². The Hall–Kier alpha value is -1.96. The standard InChI is InChI=1S/C12H14FNO5S/c1-12(2,20(3,18)19)11(17)14-9-6-7(13)4-5-8(9)10(15)16/h4-6H,1-3H3,(H,14,17)(H,15,16). The number of anilines is 1. The van der Waals surface area contributed by atoms with Crippen molar-refractivity contribution in [2.24, 2.45) is 0 Å². The molecular formula is C12H14FNO5S. The van der Waals surface area contributed by atoms with Gasteiger partial charge in [-0.1, -0.05) is 0 Å². The van der Waals surface area contributed by atoms with E-state index in [0.717, 1.165) is 24.5 Å². The Balaban J connectivity index is 3.21. The lowest BCUT2D eigenvalue weighted by Crippen LogP contribution is -2.44. The first-order valence-electron chi connectivity index (χ1n) is 5.50. The van der Waals surface area contributed by atoms with Gasteiger partial charge in [-0.15, -0.1) is 0 Å². The number of carbonyl (C=O) groups excluding carboxylic acids is 1. The van der Waals surface area contributed by atoms with Crippen LogP contribution in [0.1, 0.15) is 24.2 Å². The van der Waals surface area contributed by atoms with Crippen molar-refractivity contribution in [1.29, 1.82) is 0 Å². The summed E-state index contributed by atoms with van der Waals surface area (Å²) in [7, 11) is -3.72. The highest BCUT2D eigenvalue weighted by Gasteiger charge is 2.38. The first-order chi connectivity index (χ1) is 8.96. The number of nitrogens with one attached hydrogen (secondary N) is 1. The van der Waals surface area contributed by atoms with E-state index in [1.807, 2.05) is 0 Å². The van der Waals surface area contributed by atoms with Crippen LogP contribution in [0.15, 0.2) is 18.2 Å². The van der Waals surface area contributed by atoms with Crippen molar-refractivity contribution >= 4 is 27.4 Å². The van der Waals surface area contributed by atoms with Crippen LogP contribution in [0.5, 0.6) is 0 Å². The van der Waals surface area contributed by atoms with Crippen LogP contribution >= 0.6 is 0 Å². The van der Waals surface area contributed by atoms with Gasteiger partial charge in [-0.25, -0.2) is 17.6 Å². The Labute approximate surface area is 115 Å². The first kappa shape index (κ1) is 16.1. The zero-order valence-corrected chi connectivity index (χ0v) is 11.9. The van der Waals surface area contributed by atoms with Crippen LogP contribution in [0.2, 0.25) is 0 Å². The van der Waals surface area contributed by atoms with Crippen molar-refractivity contribution in [2.45, 2.75) is 18.6 Å². The van der Waals surface area contributed by atoms with Crippen LogP contribution in [0.4, 0.5) is 10.1 Å². The van der Waals surface area contributed by atoms with Gasteiger partial charge in [0.2, 0.25) is 5.91 Å². The molecule has 20 heavy (non-hydrogen) atoms. The zero-order valence-electron chi connectivity index (χ0n) is 11.1. The molecule has 6 nitrogen and oxygen atoms in total. The molecule has 2 N–H and O–H groups in total. The summed E-state index contributed by atoms with van der Waals surface area (Å²) in [6, 6.07) is 2.74. The maximum absolute atomic E-state index is 13.1. The maximum atomic E-state index is 13.1. The average Bonchev–Trinajstić information content (AvgIpc) is 2.26. The number of rotatable bonds is 4. The summed E-state index contributed by atoms with van der Waals surface area (Å²) >= 11 is 0. The Morgan fingerprint density at radius 3 is 2.30 bits per heavy atom. The van der Waals surface area contributed by atoms with E-state index in [4.69, 9.17) is 5.11 Å². The SMILES string of the molecule is CC(C)(C(=O)Nc1cc(F)ccc1C(=O)O)S(C)(=O)=O. The molecule has 0 radical (unpaired) electrons. The van der Waals surface area contributed by atoms with Crippen molar-refractivity contribution in [3.8, 4) is 0 Å². The van der Waals surface area contributed by atoms with Crippen LogP contribution in [-0.2, 0) is 14.6 Å². The molecule has 0 unspecified atom stereocenters. The van der Waals surface area contributed by atoms with E-state index < -0.39 is 32.3 Å². The average molecular weight is 303 g/mol. The lowest BCUT2D eigenvalue weighted by Gasteiger charge is -2.22. The van der Waals surface area contributed by atoms with Crippen molar-refractivity contribution in [3.63, 3.8) is 0 Å². The van der Waals surface area contributed by atoms with Crippen LogP contribution in [0.3, 0.4) is 0 Å². The number of sulfone groups is 1. The van der Waals surface area contributed by atoms with Crippen molar-refractivity contribution in [1.82, 2.24) is 0 Å². The number of hydrogen-bond donors (Lipinski definition) is 2. The minimum absolute atomic E-state index is 0.292. The van der Waals surface area contributed by atoms with Crippen LogP contribution < -0.4 is 5.32 Å². The molecule has 0 spiro atoms. The molecule has 0 atom stereocenters. The number of benzene rings is 1. The molecule has 0 aliphatic rings. The molecule has 0 bridgehead atoms. The minimum Gasteiger partial charge on any atom is -0.478 e. The number of carboxylic acids is 1. The van der Waals surface area contributed by atoms with Gasteiger partial charge in [0, 0.05) is 6.26 Å². The molecule has 0 saturated heterocycles. The normalized spacial score (nSPS) is 12.0. The molecule has 1 aromatic carbocycles. The summed E-state index contributed by atoms with van der Waals surface area (Å²) < 4.78 is 34.4. The number of halogens is 1. The summed E-state index contributed by atoms with van der Waals surface area (Å²) in [5.74, 6) is -3.05. The highest BCUT2D eigenvalue weighted by molar-refractivity contribution is 7.92. The van der Waals surface area contributed by atoms with Gasteiger partial charge in [0.15, 0.2) is 9.84 Å². The number of carbonyl (C=O) groups is 2. The second-order valence-corrected chi connectivity index (χ2v) is 7.30. The third kappa shape index (κ3) is 3.13. The zero-order chi connectivity index (χ0) is 15.7. The van der Waals surface area contributed by atoms with Gasteiger partial charge in [-0.3, -0.25) is 4.79 Å². The Bertz CT molecular complexity index is 666. The number of carboxylic acid groups (broad SMARTS) is 1. The molecule has 0 aromatic heterocycles. The smallest absolute Gasteiger partial charge is 0.337 e. The maximum Gasteiger partial charge on any atom is 0.337 e. The van der Waals surface area contributed by atoms with Gasteiger partial charge in [0.05, 0.1) is 11.3 Å². The second-order valence-electron chi connectivity index (χ2n) is 4.73. The van der Waals surface area contributed by atoms with E-state index in [9.17, 15) is 22.4 Å². The molecule has 0 saturated carbocycles. The number of amides is 1. The van der Waals surface area contributed by atoms with Gasteiger partial charge >= 0.3 is 5.97 Å². The molecule has 110 valence electrons. The summed E-state index contributed by atoms with van der Waals surface area (Å²) in [5.41, 5.74) is -0.622. The fourth-order valence-corrected chi connectivity index (χ4v) is 1.64. The molecule has 0 heterocycles. The molecular weight excluding hydrogens is 289 g/mol. The minimum atomic E-state index is -3.72. The largest absolute Gasteiger partial charge is 0.478 e. The molecule has 1 rings (SSSR count). The number of aromatic carboxylic acids is 1. The first-order valence-corrected chi connectivity index (χ1v) is 7.40. The summed E-state index contributed by atoms with van der Waals surface area (Å²) in [6.45, 7) is 2.36. The van der Waals surface area contributed by atoms with Gasteiger partial charge in [0.1, 0.15) is 10.6 Å². The van der Waals surface area contributed by atoms with Crippen molar-refractivity contribution in [3.05, 3.63) is 29.6 Å². The Kier molecular flexibility index (Phi) is 4.18. The van der Waals surface area contributed by atoms with Gasteiger partial charge in [-0.05, 0) is 32.0 Å². The molecule has 8 heteroatoms. The topological polar surface area (TPSA) is 101 Å². The monoisotopic (exact) mass is 303 g/mol. The summed E-state index contributed by atoms with van der Waals surface area (Å²) in [4.78, 5) is 22.9. The van der Waals surface area contributed by atoms with Crippen LogP contribution in [0, 0.1) is 5.82 Å². The third-order valence-electron chi connectivity index (χ3n) is 2.93. The molecule has 1 aromatic rings. The highest BCUT2D eigenvalue weighted by Crippen LogP contribution is 2.22. The fraction of sp³-hybridized carbons (Fsp3) is 0.333. The number of hydrogen-bond acceptors (Lipinski definition) is 4. The van der Waals surface area contributed by atoms with Gasteiger partial charge in [0.25, 0.3) is 0 Å². The van der Waals surface area contributed by atoms with Crippen molar-refractivity contribution in [2.75, 3.05) is 11.6 Å². The Morgan fingerprint density at radius 1 is 1.30 bits per heavy atom. The molecule has 0 aliphatic carbocycles. The van der Waals surface area contributed by atoms with Gasteiger partial charge in [-0.2, -0.15) is 0 Å². The Morgan fingerprint density at radius 2 is 1.85 bits per heavy atom. The lowest BCUT2D eigenvalue weighted by molar-refractivity contribution is -0.117. The summed E-state index contributed by atoms with van der Waals surface area (Å²) in [5, 5.41) is 11.1. The van der Waals surface area contributed by atoms with Crippen LogP contribution in [-0.4, -0.2) is 36.4 Å². The van der Waals surface area contributed by atoms with Crippen molar-refractivity contribution < 1.29 is 27.5 Å². The van der Waals surface area contributed by atoms with E-state index in [0.29, 0.717) is 0 Å². The van der Waals surface area contributed by atoms with Crippen LogP contribution in [0.25, 0.3) is 0 Å². The van der Waals surface area contributed by atoms with E-state index in [2.05, 4.69) is 5.32 Å². The highest BCUT2D eigenvalue weighted by atomic mass is 32.2. The third-order valence-corrected chi connectivity index (χ3v) is 4.97. The van der Waals surface area contributed by atoms with Gasteiger partial charge < -0.3 is 10.4 Å². The predicted molar refractivity (Wildman–Crippen MR) is 70.9 cm³/mol. The fourth-order valence-electron chi connectivity index (χ4n) is 1.25. The quantitative estimate of drug-likeness (QED) is 0.872. The molecule has 0 aliphatic heterocycles. The van der Waals surface area contributed by atoms with E-state index in [-0.39, 0.29) is 11.3 Å². The lowest BCUT2D eigenvalue weighted by atomic mass is 10.1. The molecule has 1 amide bonds. The second kappa shape index (κ2) is 5.20. The van der Waals surface area contributed by atoms with E-state index in [1.165, 1.54) is 13.8 Å². The summed E-state index contributed by atoms with van der Waals surface area (Å²) in [6.07, 6.45) is 0.885. The molecule has 0 fully saturated rings. The van der Waals surface area contributed by atoms with E-state index >= 15 is 0 Å². The predicted octanol–water partition coefficient (Wildman–Crippen LogP) is 1.29.